The molecule has 168 valence electrons. The predicted octanol–water partition coefficient (Wildman–Crippen LogP) is 1.50. The highest BCUT2D eigenvalue weighted by molar-refractivity contribution is 5.51. The van der Waals surface area contributed by atoms with Crippen LogP contribution in [0.15, 0.2) is 30.3 Å². The first-order valence-electron chi connectivity index (χ1n) is 11.4. The summed E-state index contributed by atoms with van der Waals surface area (Å²) in [5, 5.41) is 10.6. The quantitative estimate of drug-likeness (QED) is 0.721. The summed E-state index contributed by atoms with van der Waals surface area (Å²) >= 11 is 0. The molecule has 0 bridgehead atoms. The van der Waals surface area contributed by atoms with Crippen molar-refractivity contribution in [3.05, 3.63) is 53.0 Å². The minimum Gasteiger partial charge on any atom is -0.390 e. The van der Waals surface area contributed by atoms with Crippen LogP contribution in [0.2, 0.25) is 0 Å². The Morgan fingerprint density at radius 1 is 0.903 bits per heavy atom. The SMILES string of the molecule is Cc1nc(C)c(Cc2ccccc2)c(N2CCN(C[C@@H](O)CN3CCOCC3)CC2)n1. The summed E-state index contributed by atoms with van der Waals surface area (Å²) in [7, 11) is 0. The lowest BCUT2D eigenvalue weighted by atomic mass is 10.0. The molecule has 1 atom stereocenters. The average molecular weight is 426 g/mol. The number of anilines is 1. The molecular weight excluding hydrogens is 390 g/mol. The lowest BCUT2D eigenvalue weighted by molar-refractivity contribution is 0.00655. The largest absolute Gasteiger partial charge is 0.390 e. The summed E-state index contributed by atoms with van der Waals surface area (Å²) in [6.45, 7) is 12.6. The maximum Gasteiger partial charge on any atom is 0.136 e. The average Bonchev–Trinajstić information content (AvgIpc) is 2.77. The van der Waals surface area contributed by atoms with Gasteiger partial charge < -0.3 is 14.7 Å². The van der Waals surface area contributed by atoms with Crippen LogP contribution in [0.3, 0.4) is 0 Å². The number of benzene rings is 1. The van der Waals surface area contributed by atoms with E-state index in [1.54, 1.807) is 0 Å². The minimum absolute atomic E-state index is 0.318. The zero-order valence-corrected chi connectivity index (χ0v) is 18.8. The fourth-order valence-corrected chi connectivity index (χ4v) is 4.57. The van der Waals surface area contributed by atoms with Crippen molar-refractivity contribution in [3.8, 4) is 0 Å². The van der Waals surface area contributed by atoms with Crippen molar-refractivity contribution in [2.45, 2.75) is 26.4 Å². The van der Waals surface area contributed by atoms with Gasteiger partial charge in [-0.3, -0.25) is 9.80 Å². The van der Waals surface area contributed by atoms with Gasteiger partial charge in [0.15, 0.2) is 0 Å². The molecule has 1 N–H and O–H groups in total. The fraction of sp³-hybridized carbons (Fsp3) is 0.583. The van der Waals surface area contributed by atoms with Crippen LogP contribution in [0.25, 0.3) is 0 Å². The van der Waals surface area contributed by atoms with Crippen molar-refractivity contribution in [2.75, 3.05) is 70.5 Å². The molecule has 3 heterocycles. The maximum absolute atomic E-state index is 10.6. The van der Waals surface area contributed by atoms with Crippen molar-refractivity contribution in [2.24, 2.45) is 0 Å². The van der Waals surface area contributed by atoms with Crippen LogP contribution in [0.5, 0.6) is 0 Å². The predicted molar refractivity (Wildman–Crippen MR) is 123 cm³/mol. The Morgan fingerprint density at radius 2 is 1.55 bits per heavy atom. The van der Waals surface area contributed by atoms with E-state index >= 15 is 0 Å². The zero-order chi connectivity index (χ0) is 21.6. The highest BCUT2D eigenvalue weighted by Crippen LogP contribution is 2.25. The summed E-state index contributed by atoms with van der Waals surface area (Å²) in [4.78, 5) is 16.6. The van der Waals surface area contributed by atoms with Gasteiger partial charge in [-0.2, -0.15) is 0 Å². The molecule has 0 saturated carbocycles. The number of hydrogen-bond acceptors (Lipinski definition) is 7. The Kier molecular flexibility index (Phi) is 7.50. The van der Waals surface area contributed by atoms with Crippen LogP contribution in [-0.4, -0.2) is 96.6 Å². The molecule has 2 saturated heterocycles. The molecule has 2 aliphatic rings. The summed E-state index contributed by atoms with van der Waals surface area (Å²) in [5.74, 6) is 1.90. The number of nitrogens with zero attached hydrogens (tertiary/aromatic N) is 5. The number of hydrogen-bond donors (Lipinski definition) is 1. The number of aryl methyl sites for hydroxylation is 2. The zero-order valence-electron chi connectivity index (χ0n) is 18.8. The van der Waals surface area contributed by atoms with Gasteiger partial charge in [-0.15, -0.1) is 0 Å². The Labute approximate surface area is 185 Å². The van der Waals surface area contributed by atoms with E-state index in [1.807, 2.05) is 6.92 Å². The molecule has 1 aromatic heterocycles. The Bertz CT molecular complexity index is 833. The van der Waals surface area contributed by atoms with Gasteiger partial charge in [-0.25, -0.2) is 9.97 Å². The number of aliphatic hydroxyl groups excluding tert-OH is 1. The summed E-state index contributed by atoms with van der Waals surface area (Å²) in [6.07, 6.45) is 0.530. The lowest BCUT2D eigenvalue weighted by Gasteiger charge is -2.38. The second-order valence-corrected chi connectivity index (χ2v) is 8.68. The first-order valence-corrected chi connectivity index (χ1v) is 11.4. The van der Waals surface area contributed by atoms with Gasteiger partial charge in [-0.1, -0.05) is 30.3 Å². The number of aromatic nitrogens is 2. The molecule has 0 radical (unpaired) electrons. The van der Waals surface area contributed by atoms with E-state index in [4.69, 9.17) is 9.72 Å². The van der Waals surface area contributed by atoms with Gasteiger partial charge in [0.1, 0.15) is 11.6 Å². The molecule has 2 aliphatic heterocycles. The van der Waals surface area contributed by atoms with E-state index in [9.17, 15) is 5.11 Å². The number of ether oxygens (including phenoxy) is 1. The summed E-state index contributed by atoms with van der Waals surface area (Å²) in [6, 6.07) is 10.5. The van der Waals surface area contributed by atoms with Crippen LogP contribution in [0, 0.1) is 13.8 Å². The van der Waals surface area contributed by atoms with Crippen molar-refractivity contribution < 1.29 is 9.84 Å². The molecule has 31 heavy (non-hydrogen) atoms. The number of β-amino-alcohol motifs (C(OH)–C–C–N with tert-alkyl or cyclic N) is 1. The van der Waals surface area contributed by atoms with Crippen molar-refractivity contribution in [1.82, 2.24) is 19.8 Å². The monoisotopic (exact) mass is 425 g/mol. The van der Waals surface area contributed by atoms with Gasteiger partial charge >= 0.3 is 0 Å². The van der Waals surface area contributed by atoms with E-state index < -0.39 is 0 Å². The molecule has 2 aromatic rings. The van der Waals surface area contributed by atoms with Gasteiger partial charge in [0.25, 0.3) is 0 Å². The highest BCUT2D eigenvalue weighted by Gasteiger charge is 2.24. The van der Waals surface area contributed by atoms with Crippen molar-refractivity contribution in [3.63, 3.8) is 0 Å². The molecule has 7 heteroatoms. The van der Waals surface area contributed by atoms with Crippen LogP contribution in [0.4, 0.5) is 5.82 Å². The molecule has 1 aromatic carbocycles. The number of piperazine rings is 1. The Hall–Kier alpha value is -2.06. The van der Waals surface area contributed by atoms with E-state index in [2.05, 4.69) is 56.9 Å². The van der Waals surface area contributed by atoms with E-state index in [0.29, 0.717) is 0 Å². The molecule has 0 aliphatic carbocycles. The number of morpholine rings is 1. The molecular formula is C24H35N5O2. The third-order valence-corrected chi connectivity index (χ3v) is 6.24. The lowest BCUT2D eigenvalue weighted by Crippen LogP contribution is -2.51. The first kappa shape index (κ1) is 22.1. The van der Waals surface area contributed by atoms with Crippen LogP contribution >= 0.6 is 0 Å². The van der Waals surface area contributed by atoms with E-state index in [0.717, 1.165) is 89.3 Å². The van der Waals surface area contributed by atoms with Gasteiger partial charge in [0.05, 0.1) is 19.3 Å². The van der Waals surface area contributed by atoms with Crippen LogP contribution in [0.1, 0.15) is 22.6 Å². The van der Waals surface area contributed by atoms with Crippen LogP contribution < -0.4 is 4.90 Å². The Morgan fingerprint density at radius 3 is 2.23 bits per heavy atom. The van der Waals surface area contributed by atoms with Crippen molar-refractivity contribution in [1.29, 1.82) is 0 Å². The molecule has 0 unspecified atom stereocenters. The highest BCUT2D eigenvalue weighted by atomic mass is 16.5. The second-order valence-electron chi connectivity index (χ2n) is 8.68. The Balaban J connectivity index is 1.37. The van der Waals surface area contributed by atoms with Crippen molar-refractivity contribution >= 4 is 5.82 Å². The minimum atomic E-state index is -0.318. The van der Waals surface area contributed by atoms with Gasteiger partial charge in [0.2, 0.25) is 0 Å². The summed E-state index contributed by atoms with van der Waals surface area (Å²) < 4.78 is 5.40. The van der Waals surface area contributed by atoms with E-state index in [-0.39, 0.29) is 6.10 Å². The van der Waals surface area contributed by atoms with Gasteiger partial charge in [0, 0.05) is 70.0 Å². The molecule has 0 amide bonds. The molecule has 4 rings (SSSR count). The first-order chi connectivity index (χ1) is 15.1. The summed E-state index contributed by atoms with van der Waals surface area (Å²) in [5.41, 5.74) is 3.57. The molecule has 0 spiro atoms. The molecule has 7 nitrogen and oxygen atoms in total. The third-order valence-electron chi connectivity index (χ3n) is 6.24. The maximum atomic E-state index is 10.6. The molecule has 2 fully saturated rings. The number of rotatable bonds is 7. The topological polar surface area (TPSA) is 65.0 Å². The normalized spacial score (nSPS) is 19.5. The third kappa shape index (κ3) is 6.01. The van der Waals surface area contributed by atoms with E-state index in [1.165, 1.54) is 11.1 Å². The standard InChI is InChI=1S/C24H35N5O2/c1-19-23(16-21-6-4-3-5-7-21)24(26-20(2)25-19)29-10-8-27(9-11-29)17-22(30)18-28-12-14-31-15-13-28/h3-7,22,30H,8-18H2,1-2H3/t22-/m1/s1. The van der Waals surface area contributed by atoms with Gasteiger partial charge in [-0.05, 0) is 19.4 Å². The van der Waals surface area contributed by atoms with Crippen LogP contribution in [-0.2, 0) is 11.2 Å². The smallest absolute Gasteiger partial charge is 0.136 e. The second kappa shape index (κ2) is 10.5. The fourth-order valence-electron chi connectivity index (χ4n) is 4.57. The number of aliphatic hydroxyl groups is 1.